The molecule has 2 atom stereocenters. The maximum absolute atomic E-state index is 6.38. The molecule has 4 nitrogen and oxygen atoms in total. The minimum atomic E-state index is 0.0876. The van der Waals surface area contributed by atoms with E-state index in [1.165, 1.54) is 5.56 Å². The highest BCUT2D eigenvalue weighted by molar-refractivity contribution is 9.10. The molecule has 0 aliphatic heterocycles. The summed E-state index contributed by atoms with van der Waals surface area (Å²) < 4.78 is 3.13. The molecule has 5 heteroatoms. The fourth-order valence-corrected chi connectivity index (χ4v) is 3.03. The van der Waals surface area contributed by atoms with Crippen molar-refractivity contribution in [2.45, 2.75) is 32.0 Å². The molecule has 0 amide bonds. The number of nitrogens with zero attached hydrogens (tertiary/aromatic N) is 3. The maximum Gasteiger partial charge on any atom is 0.122 e. The monoisotopic (exact) mass is 350 g/mol. The van der Waals surface area contributed by atoms with E-state index in [1.54, 1.807) is 0 Å². The number of aromatic nitrogens is 2. The first-order chi connectivity index (χ1) is 10.0. The van der Waals surface area contributed by atoms with Crippen LogP contribution in [0.25, 0.3) is 0 Å². The van der Waals surface area contributed by atoms with Gasteiger partial charge < -0.3 is 10.3 Å². The number of rotatable bonds is 6. The smallest absolute Gasteiger partial charge is 0.122 e. The van der Waals surface area contributed by atoms with Gasteiger partial charge in [-0.25, -0.2) is 4.98 Å². The molecule has 0 aliphatic carbocycles. The molecule has 2 aromatic rings. The van der Waals surface area contributed by atoms with E-state index in [0.29, 0.717) is 0 Å². The number of likely N-dealkylation sites (N-methyl/N-ethyl adjacent to an activating group) is 1. The zero-order valence-electron chi connectivity index (χ0n) is 12.8. The second-order valence-corrected chi connectivity index (χ2v) is 6.36. The zero-order chi connectivity index (χ0) is 15.4. The highest BCUT2D eigenvalue weighted by Gasteiger charge is 2.24. The van der Waals surface area contributed by atoms with Crippen molar-refractivity contribution in [1.82, 2.24) is 14.5 Å². The Morgan fingerprint density at radius 3 is 2.76 bits per heavy atom. The number of nitrogens with two attached hydrogens (primary N) is 1. The van der Waals surface area contributed by atoms with Crippen LogP contribution in [0.5, 0.6) is 0 Å². The van der Waals surface area contributed by atoms with E-state index in [-0.39, 0.29) is 12.1 Å². The second-order valence-electron chi connectivity index (χ2n) is 5.44. The molecule has 0 bridgehead atoms. The standard InChI is InChI=1S/C16H23BrN4/c1-4-14(18)16(12-6-5-7-13(17)10-12)21(3)11-15-19-8-9-20(15)2/h5-10,14,16H,4,11,18H2,1-3H3. The van der Waals surface area contributed by atoms with Gasteiger partial charge in [0.05, 0.1) is 12.6 Å². The number of halogens is 1. The number of hydrogen-bond donors (Lipinski definition) is 1. The molecule has 1 aromatic carbocycles. The molecular formula is C16H23BrN4. The van der Waals surface area contributed by atoms with Gasteiger partial charge in [-0.05, 0) is 31.2 Å². The Kier molecular flexibility index (Phi) is 5.56. The highest BCUT2D eigenvalue weighted by Crippen LogP contribution is 2.27. The Balaban J connectivity index is 2.25. The Morgan fingerprint density at radius 2 is 2.19 bits per heavy atom. The molecule has 0 radical (unpaired) electrons. The Morgan fingerprint density at radius 1 is 1.43 bits per heavy atom. The Bertz CT molecular complexity index is 581. The summed E-state index contributed by atoms with van der Waals surface area (Å²) >= 11 is 3.55. The van der Waals surface area contributed by atoms with Crippen LogP contribution < -0.4 is 5.73 Å². The summed E-state index contributed by atoms with van der Waals surface area (Å²) in [5.74, 6) is 1.04. The SMILES string of the molecule is CCC(N)C(c1cccc(Br)c1)N(C)Cc1nccn1C. The van der Waals surface area contributed by atoms with Crippen molar-refractivity contribution in [3.8, 4) is 0 Å². The zero-order valence-corrected chi connectivity index (χ0v) is 14.4. The van der Waals surface area contributed by atoms with Gasteiger partial charge in [-0.15, -0.1) is 0 Å². The minimum Gasteiger partial charge on any atom is -0.337 e. The van der Waals surface area contributed by atoms with Crippen molar-refractivity contribution in [3.05, 3.63) is 52.5 Å². The van der Waals surface area contributed by atoms with Gasteiger partial charge in [-0.3, -0.25) is 4.90 Å². The Hall–Kier alpha value is -1.17. The first-order valence-corrected chi connectivity index (χ1v) is 7.99. The van der Waals surface area contributed by atoms with Gasteiger partial charge in [0.15, 0.2) is 0 Å². The van der Waals surface area contributed by atoms with Crippen LogP contribution in [0.2, 0.25) is 0 Å². The average Bonchev–Trinajstić information content (AvgIpc) is 2.84. The van der Waals surface area contributed by atoms with Gasteiger partial charge in [0.25, 0.3) is 0 Å². The largest absolute Gasteiger partial charge is 0.337 e. The maximum atomic E-state index is 6.38. The molecule has 0 saturated carbocycles. The highest BCUT2D eigenvalue weighted by atomic mass is 79.9. The van der Waals surface area contributed by atoms with E-state index >= 15 is 0 Å². The van der Waals surface area contributed by atoms with E-state index in [2.05, 4.69) is 58.0 Å². The number of hydrogen-bond acceptors (Lipinski definition) is 3. The van der Waals surface area contributed by atoms with Crippen LogP contribution >= 0.6 is 15.9 Å². The van der Waals surface area contributed by atoms with Gasteiger partial charge in [-0.2, -0.15) is 0 Å². The van der Waals surface area contributed by atoms with Crippen molar-refractivity contribution in [2.24, 2.45) is 12.8 Å². The number of benzene rings is 1. The van der Waals surface area contributed by atoms with Gasteiger partial charge in [0.2, 0.25) is 0 Å². The normalized spacial score (nSPS) is 14.4. The predicted octanol–water partition coefficient (Wildman–Crippen LogP) is 3.09. The molecular weight excluding hydrogens is 328 g/mol. The van der Waals surface area contributed by atoms with Crippen LogP contribution in [-0.2, 0) is 13.6 Å². The lowest BCUT2D eigenvalue weighted by Crippen LogP contribution is -2.39. The quantitative estimate of drug-likeness (QED) is 0.870. The van der Waals surface area contributed by atoms with Crippen LogP contribution in [0.1, 0.15) is 30.8 Å². The topological polar surface area (TPSA) is 47.1 Å². The van der Waals surface area contributed by atoms with Crippen LogP contribution in [0.15, 0.2) is 41.1 Å². The molecule has 0 saturated heterocycles. The second kappa shape index (κ2) is 7.20. The van der Waals surface area contributed by atoms with Gasteiger partial charge in [-0.1, -0.05) is 35.0 Å². The summed E-state index contributed by atoms with van der Waals surface area (Å²) in [6, 6.07) is 8.64. The summed E-state index contributed by atoms with van der Waals surface area (Å²) in [6.07, 6.45) is 4.73. The van der Waals surface area contributed by atoms with E-state index < -0.39 is 0 Å². The van der Waals surface area contributed by atoms with E-state index in [9.17, 15) is 0 Å². The van der Waals surface area contributed by atoms with E-state index in [0.717, 1.165) is 23.3 Å². The van der Waals surface area contributed by atoms with Gasteiger partial charge in [0, 0.05) is 30.0 Å². The van der Waals surface area contributed by atoms with Crippen molar-refractivity contribution in [2.75, 3.05) is 7.05 Å². The molecule has 0 fully saturated rings. The molecule has 2 N–H and O–H groups in total. The average molecular weight is 351 g/mol. The minimum absolute atomic E-state index is 0.0876. The fourth-order valence-electron chi connectivity index (χ4n) is 2.61. The van der Waals surface area contributed by atoms with Crippen molar-refractivity contribution >= 4 is 15.9 Å². The first kappa shape index (κ1) is 16.2. The molecule has 1 aromatic heterocycles. The van der Waals surface area contributed by atoms with Gasteiger partial charge >= 0.3 is 0 Å². The van der Waals surface area contributed by atoms with Crippen LogP contribution in [0.3, 0.4) is 0 Å². The van der Waals surface area contributed by atoms with Crippen LogP contribution in [0.4, 0.5) is 0 Å². The summed E-state index contributed by atoms with van der Waals surface area (Å²) in [5.41, 5.74) is 7.61. The molecule has 2 rings (SSSR count). The number of imidazole rings is 1. The molecule has 114 valence electrons. The summed E-state index contributed by atoms with van der Waals surface area (Å²) in [4.78, 5) is 6.68. The van der Waals surface area contributed by atoms with Crippen molar-refractivity contribution < 1.29 is 0 Å². The van der Waals surface area contributed by atoms with Crippen LogP contribution in [-0.4, -0.2) is 27.5 Å². The molecule has 21 heavy (non-hydrogen) atoms. The third-order valence-corrected chi connectivity index (χ3v) is 4.35. The summed E-state index contributed by atoms with van der Waals surface area (Å²) in [7, 11) is 4.12. The Labute approximate surface area is 135 Å². The predicted molar refractivity (Wildman–Crippen MR) is 89.8 cm³/mol. The lowest BCUT2D eigenvalue weighted by atomic mass is 9.96. The first-order valence-electron chi connectivity index (χ1n) is 7.20. The van der Waals surface area contributed by atoms with Crippen LogP contribution in [0, 0.1) is 0 Å². The lowest BCUT2D eigenvalue weighted by molar-refractivity contribution is 0.195. The summed E-state index contributed by atoms with van der Waals surface area (Å²) in [6.45, 7) is 2.90. The van der Waals surface area contributed by atoms with E-state index in [1.807, 2.05) is 30.1 Å². The molecule has 0 spiro atoms. The fraction of sp³-hybridized carbons (Fsp3) is 0.438. The lowest BCUT2D eigenvalue weighted by Gasteiger charge is -2.32. The molecule has 2 unspecified atom stereocenters. The third kappa shape index (κ3) is 3.93. The van der Waals surface area contributed by atoms with Crippen molar-refractivity contribution in [3.63, 3.8) is 0 Å². The van der Waals surface area contributed by atoms with E-state index in [4.69, 9.17) is 5.73 Å². The molecule has 0 aliphatic rings. The molecule has 1 heterocycles. The number of aryl methyl sites for hydroxylation is 1. The van der Waals surface area contributed by atoms with Crippen molar-refractivity contribution in [1.29, 1.82) is 0 Å². The van der Waals surface area contributed by atoms with Gasteiger partial charge in [0.1, 0.15) is 5.82 Å². The third-order valence-electron chi connectivity index (χ3n) is 3.85. The summed E-state index contributed by atoms with van der Waals surface area (Å²) in [5, 5.41) is 0.